The Morgan fingerprint density at radius 3 is 2.79 bits per heavy atom. The molecule has 1 atom stereocenters. The molecule has 1 aliphatic carbocycles. The molecule has 0 saturated carbocycles. The minimum Gasteiger partial charge on any atom is -0.497 e. The van der Waals surface area contributed by atoms with Crippen LogP contribution in [-0.4, -0.2) is 39.6 Å². The highest BCUT2D eigenvalue weighted by Gasteiger charge is 2.30. The van der Waals surface area contributed by atoms with E-state index in [1.807, 2.05) is 42.5 Å². The molecule has 0 amide bonds. The summed E-state index contributed by atoms with van der Waals surface area (Å²) in [6.07, 6.45) is 2.75. The van der Waals surface area contributed by atoms with Crippen LogP contribution in [0.25, 0.3) is 5.78 Å². The number of methoxy groups -OCH3 is 2. The Balaban J connectivity index is 1.41. The molecule has 9 heteroatoms. The third kappa shape index (κ3) is 4.41. The average molecular weight is 481 g/mol. The van der Waals surface area contributed by atoms with Gasteiger partial charge in [-0.3, -0.25) is 4.79 Å². The summed E-state index contributed by atoms with van der Waals surface area (Å²) >= 11 is 7.57. The number of carbonyl (C=O) groups excluding carboxylic acids is 1. The molecule has 7 nitrogen and oxygen atoms in total. The molecule has 2 aromatic heterocycles. The summed E-state index contributed by atoms with van der Waals surface area (Å²) in [6, 6.07) is 13.4. The van der Waals surface area contributed by atoms with Crippen LogP contribution >= 0.6 is 23.4 Å². The van der Waals surface area contributed by atoms with Crippen LogP contribution in [0.1, 0.15) is 39.5 Å². The zero-order valence-electron chi connectivity index (χ0n) is 18.1. The maximum absolute atomic E-state index is 13.0. The third-order valence-electron chi connectivity index (χ3n) is 5.70. The van der Waals surface area contributed by atoms with Crippen molar-refractivity contribution in [2.75, 3.05) is 14.2 Å². The number of ketones is 1. The smallest absolute Gasteiger partial charge is 0.253 e. The number of Topliss-reactive ketones (excluding diaryl/α,β-unsaturated/α-hetero) is 1. The van der Waals surface area contributed by atoms with E-state index in [0.717, 1.165) is 16.8 Å². The van der Waals surface area contributed by atoms with Crippen molar-refractivity contribution in [3.8, 4) is 11.5 Å². The van der Waals surface area contributed by atoms with Gasteiger partial charge in [-0.1, -0.05) is 41.6 Å². The minimum absolute atomic E-state index is 0.0274. The molecular formula is C24H21ClN4O3S. The highest BCUT2D eigenvalue weighted by atomic mass is 35.5. The predicted molar refractivity (Wildman–Crippen MR) is 127 cm³/mol. The number of halogens is 1. The maximum Gasteiger partial charge on any atom is 0.253 e. The van der Waals surface area contributed by atoms with Crippen molar-refractivity contribution in [3.63, 3.8) is 0 Å². The zero-order chi connectivity index (χ0) is 22.9. The molecule has 0 aliphatic heterocycles. The highest BCUT2D eigenvalue weighted by Crippen LogP contribution is 2.38. The van der Waals surface area contributed by atoms with Gasteiger partial charge in [-0.05, 0) is 35.7 Å². The van der Waals surface area contributed by atoms with Crippen molar-refractivity contribution in [1.82, 2.24) is 19.6 Å². The second-order valence-corrected chi connectivity index (χ2v) is 9.17. The van der Waals surface area contributed by atoms with Gasteiger partial charge in [0.25, 0.3) is 5.78 Å². The van der Waals surface area contributed by atoms with E-state index >= 15 is 0 Å². The van der Waals surface area contributed by atoms with Crippen LogP contribution in [0, 0.1) is 0 Å². The molecule has 4 aromatic rings. The second kappa shape index (κ2) is 9.03. The first-order valence-corrected chi connectivity index (χ1v) is 11.8. The lowest BCUT2D eigenvalue weighted by Gasteiger charge is -2.24. The SMILES string of the molecule is COc1ccc([C@H]2CC(=O)c3cn4nc(SCc5cccc(Cl)c5)nc4nc3C2)c(OC)c1. The van der Waals surface area contributed by atoms with Crippen LogP contribution in [0.15, 0.2) is 53.8 Å². The molecule has 0 saturated heterocycles. The van der Waals surface area contributed by atoms with E-state index in [4.69, 9.17) is 21.1 Å². The molecule has 0 N–H and O–H groups in total. The van der Waals surface area contributed by atoms with Crippen LogP contribution < -0.4 is 9.47 Å². The van der Waals surface area contributed by atoms with Crippen LogP contribution in [-0.2, 0) is 12.2 Å². The molecular weight excluding hydrogens is 460 g/mol. The van der Waals surface area contributed by atoms with Gasteiger partial charge >= 0.3 is 0 Å². The van der Waals surface area contributed by atoms with Crippen LogP contribution in [0.2, 0.25) is 5.02 Å². The number of benzene rings is 2. The molecule has 0 radical (unpaired) electrons. The number of thioether (sulfide) groups is 1. The minimum atomic E-state index is -0.0274. The van der Waals surface area contributed by atoms with Gasteiger partial charge in [-0.25, -0.2) is 9.50 Å². The molecule has 168 valence electrons. The van der Waals surface area contributed by atoms with Crippen molar-refractivity contribution in [2.45, 2.75) is 29.7 Å². The van der Waals surface area contributed by atoms with E-state index in [2.05, 4.69) is 15.1 Å². The average Bonchev–Trinajstić information content (AvgIpc) is 3.23. The topological polar surface area (TPSA) is 78.6 Å². The summed E-state index contributed by atoms with van der Waals surface area (Å²) in [5.41, 5.74) is 3.39. The van der Waals surface area contributed by atoms with Crippen molar-refractivity contribution >= 4 is 34.9 Å². The summed E-state index contributed by atoms with van der Waals surface area (Å²) in [7, 11) is 3.24. The summed E-state index contributed by atoms with van der Waals surface area (Å²) in [5, 5.41) is 5.81. The number of aromatic nitrogens is 4. The molecule has 5 rings (SSSR count). The number of hydrogen-bond donors (Lipinski definition) is 0. The van der Waals surface area contributed by atoms with Gasteiger partial charge in [-0.15, -0.1) is 5.10 Å². The van der Waals surface area contributed by atoms with Gasteiger partial charge < -0.3 is 9.47 Å². The van der Waals surface area contributed by atoms with Gasteiger partial charge in [0.1, 0.15) is 11.5 Å². The largest absolute Gasteiger partial charge is 0.497 e. The molecule has 2 heterocycles. The molecule has 0 bridgehead atoms. The number of nitrogens with zero attached hydrogens (tertiary/aromatic N) is 4. The monoisotopic (exact) mass is 480 g/mol. The van der Waals surface area contributed by atoms with Crippen LogP contribution in [0.5, 0.6) is 11.5 Å². The van der Waals surface area contributed by atoms with E-state index in [0.29, 0.717) is 51.6 Å². The second-order valence-electron chi connectivity index (χ2n) is 7.80. The number of hydrogen-bond acceptors (Lipinski definition) is 7. The molecule has 0 spiro atoms. The molecule has 33 heavy (non-hydrogen) atoms. The number of rotatable bonds is 6. The normalized spacial score (nSPS) is 15.5. The summed E-state index contributed by atoms with van der Waals surface area (Å²) in [6.45, 7) is 0. The first kappa shape index (κ1) is 21.7. The fourth-order valence-corrected chi connectivity index (χ4v) is 5.06. The van der Waals surface area contributed by atoms with E-state index < -0.39 is 0 Å². The summed E-state index contributed by atoms with van der Waals surface area (Å²) in [5.74, 6) is 2.60. The predicted octanol–water partition coefficient (Wildman–Crippen LogP) is 5.00. The third-order valence-corrected chi connectivity index (χ3v) is 6.84. The van der Waals surface area contributed by atoms with Crippen LogP contribution in [0.4, 0.5) is 0 Å². The standard InChI is InChI=1S/C24H21ClN4O3S/c1-31-17-6-7-18(22(11-17)32-2)15-9-20-19(21(30)10-15)12-29-23(26-20)27-24(28-29)33-13-14-4-3-5-16(25)8-14/h3-8,11-12,15H,9-10,13H2,1-2H3/t15-/m1/s1. The van der Waals surface area contributed by atoms with Crippen LogP contribution in [0.3, 0.4) is 0 Å². The quantitative estimate of drug-likeness (QED) is 0.359. The zero-order valence-corrected chi connectivity index (χ0v) is 19.7. The lowest BCUT2D eigenvalue weighted by Crippen LogP contribution is -2.21. The van der Waals surface area contributed by atoms with Gasteiger partial charge in [-0.2, -0.15) is 4.98 Å². The van der Waals surface area contributed by atoms with Crippen molar-refractivity contribution < 1.29 is 14.3 Å². The Kier molecular flexibility index (Phi) is 5.95. The van der Waals surface area contributed by atoms with E-state index in [1.165, 1.54) is 11.8 Å². The van der Waals surface area contributed by atoms with Crippen molar-refractivity contribution in [3.05, 3.63) is 76.1 Å². The van der Waals surface area contributed by atoms with E-state index in [9.17, 15) is 4.79 Å². The Hall–Kier alpha value is -3.10. The first-order chi connectivity index (χ1) is 16.0. The fourth-order valence-electron chi connectivity index (χ4n) is 4.08. The molecule has 0 unspecified atom stereocenters. The van der Waals surface area contributed by atoms with Crippen molar-refractivity contribution in [1.29, 1.82) is 0 Å². The van der Waals surface area contributed by atoms with Crippen molar-refractivity contribution in [2.24, 2.45) is 0 Å². The van der Waals surface area contributed by atoms with Gasteiger partial charge in [0, 0.05) is 35.4 Å². The van der Waals surface area contributed by atoms with E-state index in [-0.39, 0.29) is 11.7 Å². The molecule has 1 aliphatic rings. The molecule has 0 fully saturated rings. The van der Waals surface area contributed by atoms with Gasteiger partial charge in [0.05, 0.1) is 25.5 Å². The molecule has 2 aromatic carbocycles. The Labute approximate surface area is 200 Å². The Morgan fingerprint density at radius 2 is 2.00 bits per heavy atom. The van der Waals surface area contributed by atoms with E-state index in [1.54, 1.807) is 24.9 Å². The number of ether oxygens (including phenoxy) is 2. The number of fused-ring (bicyclic) bond motifs is 2. The lowest BCUT2D eigenvalue weighted by atomic mass is 9.82. The number of carbonyl (C=O) groups is 1. The highest BCUT2D eigenvalue weighted by molar-refractivity contribution is 7.98. The Morgan fingerprint density at radius 1 is 1.12 bits per heavy atom. The maximum atomic E-state index is 13.0. The summed E-state index contributed by atoms with van der Waals surface area (Å²) < 4.78 is 12.4. The summed E-state index contributed by atoms with van der Waals surface area (Å²) in [4.78, 5) is 22.2. The van der Waals surface area contributed by atoms with Gasteiger partial charge in [0.2, 0.25) is 5.16 Å². The van der Waals surface area contributed by atoms with Gasteiger partial charge in [0.15, 0.2) is 5.78 Å². The fraction of sp³-hybridized carbons (Fsp3) is 0.250. The first-order valence-electron chi connectivity index (χ1n) is 10.4. The lowest BCUT2D eigenvalue weighted by molar-refractivity contribution is 0.0962. The Bertz CT molecular complexity index is 1360.